The van der Waals surface area contributed by atoms with Crippen molar-refractivity contribution in [3.05, 3.63) is 64.7 Å². The molecule has 1 saturated carbocycles. The van der Waals surface area contributed by atoms with Crippen LogP contribution in [0.25, 0.3) is 0 Å². The Bertz CT molecular complexity index is 822. The molecule has 142 valence electrons. The lowest BCUT2D eigenvalue weighted by Crippen LogP contribution is -2.12. The van der Waals surface area contributed by atoms with E-state index in [0.29, 0.717) is 12.5 Å². The van der Waals surface area contributed by atoms with E-state index in [4.69, 9.17) is 4.74 Å². The normalized spacial score (nSPS) is 19.3. The molecule has 0 aliphatic heterocycles. The van der Waals surface area contributed by atoms with Crippen LogP contribution in [0.15, 0.2) is 36.4 Å². The molecule has 27 heavy (non-hydrogen) atoms. The van der Waals surface area contributed by atoms with E-state index in [1.807, 2.05) is 6.92 Å². The Morgan fingerprint density at radius 3 is 2.33 bits per heavy atom. The van der Waals surface area contributed by atoms with E-state index in [2.05, 4.69) is 43.0 Å². The molecule has 2 aromatic rings. The fourth-order valence-corrected chi connectivity index (χ4v) is 3.54. The van der Waals surface area contributed by atoms with Crippen molar-refractivity contribution in [1.82, 2.24) is 0 Å². The molecule has 1 nitrogen and oxygen atoms in total. The summed E-state index contributed by atoms with van der Waals surface area (Å²) in [4.78, 5) is 0. The zero-order valence-corrected chi connectivity index (χ0v) is 16.0. The summed E-state index contributed by atoms with van der Waals surface area (Å²) < 4.78 is 33.5. The largest absolute Gasteiger partial charge is 0.490 e. The van der Waals surface area contributed by atoms with Crippen LogP contribution < -0.4 is 4.74 Å². The molecule has 3 rings (SSSR count). The summed E-state index contributed by atoms with van der Waals surface area (Å²) in [6, 6.07) is 11.7. The maximum atomic E-state index is 14.2. The number of halogens is 2. The molecular weight excluding hydrogens is 342 g/mol. The van der Waals surface area contributed by atoms with Gasteiger partial charge in [0.05, 0.1) is 12.2 Å². The van der Waals surface area contributed by atoms with Gasteiger partial charge in [-0.05, 0) is 62.6 Å². The van der Waals surface area contributed by atoms with Crippen molar-refractivity contribution in [2.75, 3.05) is 6.61 Å². The van der Waals surface area contributed by atoms with Crippen LogP contribution in [-0.4, -0.2) is 6.61 Å². The average molecular weight is 368 g/mol. The highest BCUT2D eigenvalue weighted by Gasteiger charge is 2.21. The van der Waals surface area contributed by atoms with Crippen LogP contribution in [-0.2, 0) is 0 Å². The van der Waals surface area contributed by atoms with Crippen LogP contribution in [0, 0.1) is 36.3 Å². The van der Waals surface area contributed by atoms with E-state index in [9.17, 15) is 8.78 Å². The molecule has 0 unspecified atom stereocenters. The average Bonchev–Trinajstić information content (AvgIpc) is 2.69. The third-order valence-corrected chi connectivity index (χ3v) is 5.20. The van der Waals surface area contributed by atoms with Gasteiger partial charge in [0.2, 0.25) is 5.82 Å². The van der Waals surface area contributed by atoms with Gasteiger partial charge in [0.25, 0.3) is 0 Å². The predicted octanol–water partition coefficient (Wildman–Crippen LogP) is 6.39. The molecular formula is C24H26F2O. The first kappa shape index (κ1) is 19.4. The minimum absolute atomic E-state index is 0.0430. The molecule has 1 fully saturated rings. The molecule has 0 radical (unpaired) electrons. The van der Waals surface area contributed by atoms with Crippen LogP contribution in [0.4, 0.5) is 8.78 Å². The van der Waals surface area contributed by atoms with Gasteiger partial charge in [0, 0.05) is 5.92 Å². The SMILES string of the molecule is CCCOc1ccc(C#C[C@H]2CC[C@H](c3ccc(C)cc3)CC2)c(F)c1F. The van der Waals surface area contributed by atoms with Crippen molar-refractivity contribution < 1.29 is 13.5 Å². The molecule has 2 aromatic carbocycles. The molecule has 0 amide bonds. The Morgan fingerprint density at radius 2 is 1.67 bits per heavy atom. The molecule has 1 aliphatic rings. The van der Waals surface area contributed by atoms with Gasteiger partial charge in [-0.25, -0.2) is 4.39 Å². The first-order valence-corrected chi connectivity index (χ1v) is 9.77. The number of hydrogen-bond acceptors (Lipinski definition) is 1. The van der Waals surface area contributed by atoms with Gasteiger partial charge >= 0.3 is 0 Å². The highest BCUT2D eigenvalue weighted by atomic mass is 19.2. The predicted molar refractivity (Wildman–Crippen MR) is 105 cm³/mol. The maximum absolute atomic E-state index is 14.2. The molecule has 0 atom stereocenters. The van der Waals surface area contributed by atoms with E-state index in [1.54, 1.807) is 0 Å². The van der Waals surface area contributed by atoms with Gasteiger partial charge in [-0.1, -0.05) is 48.6 Å². The van der Waals surface area contributed by atoms with Gasteiger partial charge < -0.3 is 4.74 Å². The second-order valence-electron chi connectivity index (χ2n) is 7.32. The zero-order valence-electron chi connectivity index (χ0n) is 16.0. The van der Waals surface area contributed by atoms with E-state index < -0.39 is 11.6 Å². The molecule has 0 bridgehead atoms. The minimum atomic E-state index is -0.946. The van der Waals surface area contributed by atoms with Crippen molar-refractivity contribution in [1.29, 1.82) is 0 Å². The molecule has 0 saturated heterocycles. The third kappa shape index (κ3) is 4.89. The summed E-state index contributed by atoms with van der Waals surface area (Å²) in [5.41, 5.74) is 2.78. The summed E-state index contributed by atoms with van der Waals surface area (Å²) >= 11 is 0. The number of aryl methyl sites for hydroxylation is 1. The zero-order chi connectivity index (χ0) is 19.2. The van der Waals surface area contributed by atoms with Crippen molar-refractivity contribution in [3.63, 3.8) is 0 Å². The Morgan fingerprint density at radius 1 is 0.963 bits per heavy atom. The maximum Gasteiger partial charge on any atom is 0.201 e. The number of ether oxygens (including phenoxy) is 1. The van der Waals surface area contributed by atoms with Crippen LogP contribution in [0.2, 0.25) is 0 Å². The van der Waals surface area contributed by atoms with E-state index in [0.717, 1.165) is 32.1 Å². The first-order valence-electron chi connectivity index (χ1n) is 9.77. The highest BCUT2D eigenvalue weighted by Crippen LogP contribution is 2.35. The smallest absolute Gasteiger partial charge is 0.201 e. The van der Waals surface area contributed by atoms with Gasteiger partial charge in [-0.15, -0.1) is 0 Å². The fourth-order valence-electron chi connectivity index (χ4n) is 3.54. The number of hydrogen-bond donors (Lipinski definition) is 0. The first-order chi connectivity index (χ1) is 13.1. The summed E-state index contributed by atoms with van der Waals surface area (Å²) in [7, 11) is 0. The number of benzene rings is 2. The number of rotatable bonds is 4. The van der Waals surface area contributed by atoms with E-state index in [1.165, 1.54) is 23.3 Å². The van der Waals surface area contributed by atoms with Crippen LogP contribution >= 0.6 is 0 Å². The van der Waals surface area contributed by atoms with Gasteiger partial charge in [0.15, 0.2) is 11.6 Å². The Balaban J connectivity index is 1.62. The monoisotopic (exact) mass is 368 g/mol. The molecule has 0 spiro atoms. The summed E-state index contributed by atoms with van der Waals surface area (Å²) in [5.74, 6) is 4.92. The lowest BCUT2D eigenvalue weighted by Gasteiger charge is -2.26. The quantitative estimate of drug-likeness (QED) is 0.568. The third-order valence-electron chi connectivity index (χ3n) is 5.20. The Hall–Kier alpha value is -2.34. The summed E-state index contributed by atoms with van der Waals surface area (Å²) in [5, 5.41) is 0. The molecule has 3 heteroatoms. The van der Waals surface area contributed by atoms with Gasteiger partial charge in [-0.3, -0.25) is 0 Å². The van der Waals surface area contributed by atoms with Crippen molar-refractivity contribution in [2.45, 2.75) is 51.9 Å². The highest BCUT2D eigenvalue weighted by molar-refractivity contribution is 5.41. The van der Waals surface area contributed by atoms with Crippen LogP contribution in [0.5, 0.6) is 5.75 Å². The van der Waals surface area contributed by atoms with Crippen LogP contribution in [0.3, 0.4) is 0 Å². The van der Waals surface area contributed by atoms with E-state index in [-0.39, 0.29) is 17.2 Å². The lowest BCUT2D eigenvalue weighted by atomic mass is 9.79. The van der Waals surface area contributed by atoms with Crippen LogP contribution in [0.1, 0.15) is 61.6 Å². The van der Waals surface area contributed by atoms with E-state index >= 15 is 0 Å². The standard InChI is InChI=1S/C24H26F2O/c1-3-16-27-22-15-14-21(23(25)24(22)26)13-8-18-6-11-20(12-7-18)19-9-4-17(2)5-10-19/h4-5,9-10,14-15,18,20H,3,6-7,11-12,16H2,1-2H3/t18-,20-. The Kier molecular flexibility index (Phi) is 6.50. The molecule has 1 aliphatic carbocycles. The molecule has 0 aromatic heterocycles. The van der Waals surface area contributed by atoms with Crippen molar-refractivity contribution in [2.24, 2.45) is 5.92 Å². The molecule has 0 heterocycles. The summed E-state index contributed by atoms with van der Waals surface area (Å²) in [6.07, 6.45) is 4.90. The minimum Gasteiger partial charge on any atom is -0.490 e. The summed E-state index contributed by atoms with van der Waals surface area (Å²) in [6.45, 7) is 4.38. The van der Waals surface area contributed by atoms with Gasteiger partial charge in [0.1, 0.15) is 0 Å². The second-order valence-corrected chi connectivity index (χ2v) is 7.32. The molecule has 0 N–H and O–H groups in total. The topological polar surface area (TPSA) is 9.23 Å². The van der Waals surface area contributed by atoms with Crippen molar-refractivity contribution in [3.8, 4) is 17.6 Å². The lowest BCUT2D eigenvalue weighted by molar-refractivity contribution is 0.295. The fraction of sp³-hybridized carbons (Fsp3) is 0.417. The Labute approximate surface area is 160 Å². The second kappa shape index (κ2) is 9.04. The van der Waals surface area contributed by atoms with Crippen molar-refractivity contribution >= 4 is 0 Å². The van der Waals surface area contributed by atoms with Gasteiger partial charge in [-0.2, -0.15) is 4.39 Å².